The van der Waals surface area contributed by atoms with Crippen molar-refractivity contribution in [3.05, 3.63) is 29.8 Å². The first-order valence-electron chi connectivity index (χ1n) is 6.28. The molecule has 1 unspecified atom stereocenters. The van der Waals surface area contributed by atoms with Crippen LogP contribution in [0.4, 0.5) is 0 Å². The smallest absolute Gasteiger partial charge is 0.0867 e. The Kier molecular flexibility index (Phi) is 7.35. The van der Waals surface area contributed by atoms with E-state index in [2.05, 4.69) is 23.5 Å². The van der Waals surface area contributed by atoms with E-state index in [0.29, 0.717) is 12.4 Å². The van der Waals surface area contributed by atoms with Gasteiger partial charge in [0.1, 0.15) is 0 Å². The third-order valence-corrected chi connectivity index (χ3v) is 3.48. The molecule has 0 aromatic heterocycles. The average Bonchev–Trinajstić information content (AvgIpc) is 2.35. The Morgan fingerprint density at radius 2 is 2.17 bits per heavy atom. The number of aliphatic hydroxyl groups is 1. The quantitative estimate of drug-likeness (QED) is 0.711. The summed E-state index contributed by atoms with van der Waals surface area (Å²) in [4.78, 5) is 1.19. The molecule has 18 heavy (non-hydrogen) atoms. The van der Waals surface area contributed by atoms with Crippen molar-refractivity contribution in [3.63, 3.8) is 0 Å². The maximum absolute atomic E-state index is 9.77. The van der Waals surface area contributed by atoms with Crippen molar-refractivity contribution in [2.75, 3.05) is 19.4 Å². The Morgan fingerprint density at radius 1 is 1.39 bits per heavy atom. The lowest BCUT2D eigenvalue weighted by Gasteiger charge is -2.13. The lowest BCUT2D eigenvalue weighted by atomic mass is 10.2. The fourth-order valence-electron chi connectivity index (χ4n) is 1.49. The van der Waals surface area contributed by atoms with Crippen LogP contribution >= 0.6 is 11.8 Å². The molecule has 0 aliphatic rings. The van der Waals surface area contributed by atoms with Crippen LogP contribution in [0.2, 0.25) is 0 Å². The van der Waals surface area contributed by atoms with Gasteiger partial charge in [0.25, 0.3) is 0 Å². The third kappa shape index (κ3) is 6.40. The molecule has 0 aliphatic heterocycles. The van der Waals surface area contributed by atoms with E-state index in [1.807, 2.05) is 27.0 Å². The fraction of sp³-hybridized carbons (Fsp3) is 0.571. The average molecular weight is 269 g/mol. The molecular weight excluding hydrogens is 246 g/mol. The van der Waals surface area contributed by atoms with Gasteiger partial charge < -0.3 is 15.2 Å². The number of hydrogen-bond donors (Lipinski definition) is 2. The predicted octanol–water partition coefficient (Wildman–Crippen LogP) is 2.28. The van der Waals surface area contributed by atoms with Gasteiger partial charge in [0.2, 0.25) is 0 Å². The first-order chi connectivity index (χ1) is 8.61. The highest BCUT2D eigenvalue weighted by atomic mass is 32.2. The second-order valence-corrected chi connectivity index (χ2v) is 5.62. The molecule has 0 saturated heterocycles. The normalized spacial score (nSPS) is 12.9. The van der Waals surface area contributed by atoms with E-state index in [-0.39, 0.29) is 6.10 Å². The Bertz CT molecular complexity index is 344. The van der Waals surface area contributed by atoms with Crippen LogP contribution in [0.3, 0.4) is 0 Å². The van der Waals surface area contributed by atoms with Gasteiger partial charge in [0.05, 0.1) is 18.8 Å². The number of benzene rings is 1. The summed E-state index contributed by atoms with van der Waals surface area (Å²) in [6, 6.07) is 8.36. The highest BCUT2D eigenvalue weighted by Gasteiger charge is 2.07. The van der Waals surface area contributed by atoms with E-state index in [9.17, 15) is 5.11 Å². The Labute approximate surface area is 114 Å². The number of rotatable bonds is 8. The zero-order valence-corrected chi connectivity index (χ0v) is 12.2. The van der Waals surface area contributed by atoms with Crippen molar-refractivity contribution in [2.45, 2.75) is 37.5 Å². The van der Waals surface area contributed by atoms with Crippen LogP contribution in [-0.2, 0) is 11.3 Å². The molecule has 3 nitrogen and oxygen atoms in total. The highest BCUT2D eigenvalue weighted by molar-refractivity contribution is 7.99. The van der Waals surface area contributed by atoms with Crippen molar-refractivity contribution in [1.82, 2.24) is 5.32 Å². The van der Waals surface area contributed by atoms with E-state index < -0.39 is 6.10 Å². The Morgan fingerprint density at radius 3 is 2.83 bits per heavy atom. The molecule has 102 valence electrons. The summed E-state index contributed by atoms with van der Waals surface area (Å²) in [6.07, 6.45) is -0.242. The molecule has 1 rings (SSSR count). The van der Waals surface area contributed by atoms with Crippen LogP contribution < -0.4 is 5.32 Å². The Hall–Kier alpha value is -0.550. The summed E-state index contributed by atoms with van der Waals surface area (Å²) in [5.41, 5.74) is 1.26. The third-order valence-electron chi connectivity index (χ3n) is 2.34. The largest absolute Gasteiger partial charge is 0.390 e. The van der Waals surface area contributed by atoms with Gasteiger partial charge >= 0.3 is 0 Å². The van der Waals surface area contributed by atoms with Gasteiger partial charge in [0.15, 0.2) is 0 Å². The minimum Gasteiger partial charge on any atom is -0.390 e. The predicted molar refractivity (Wildman–Crippen MR) is 77.0 cm³/mol. The van der Waals surface area contributed by atoms with Gasteiger partial charge in [-0.1, -0.05) is 12.1 Å². The van der Waals surface area contributed by atoms with Crippen LogP contribution in [0.5, 0.6) is 0 Å². The number of nitrogens with one attached hydrogen (secondary N) is 1. The molecule has 0 heterocycles. The SMILES string of the molecule is CNCc1cccc(SCC(O)COC(C)C)c1. The zero-order chi connectivity index (χ0) is 13.4. The molecule has 0 bridgehead atoms. The second-order valence-electron chi connectivity index (χ2n) is 4.52. The number of ether oxygens (including phenoxy) is 1. The topological polar surface area (TPSA) is 41.5 Å². The number of aliphatic hydroxyl groups excluding tert-OH is 1. The second kappa shape index (κ2) is 8.53. The van der Waals surface area contributed by atoms with Gasteiger partial charge in [0, 0.05) is 17.2 Å². The van der Waals surface area contributed by atoms with Crippen LogP contribution in [0.1, 0.15) is 19.4 Å². The summed E-state index contributed by atoms with van der Waals surface area (Å²) in [5.74, 6) is 0.662. The molecule has 0 amide bonds. The fourth-order valence-corrected chi connectivity index (χ4v) is 2.38. The molecule has 4 heteroatoms. The molecule has 1 aromatic carbocycles. The summed E-state index contributed by atoms with van der Waals surface area (Å²) in [5, 5.41) is 12.9. The minimum absolute atomic E-state index is 0.170. The van der Waals surface area contributed by atoms with Crippen molar-refractivity contribution in [3.8, 4) is 0 Å². The standard InChI is InChI=1S/C14H23NO2S/c1-11(2)17-9-13(16)10-18-14-6-4-5-12(7-14)8-15-3/h4-7,11,13,15-16H,8-10H2,1-3H3. The van der Waals surface area contributed by atoms with Crippen LogP contribution in [0.15, 0.2) is 29.2 Å². The molecule has 0 spiro atoms. The van der Waals surface area contributed by atoms with Crippen molar-refractivity contribution in [2.24, 2.45) is 0 Å². The lowest BCUT2D eigenvalue weighted by molar-refractivity contribution is 0.0152. The first kappa shape index (κ1) is 15.5. The molecule has 1 aromatic rings. The highest BCUT2D eigenvalue weighted by Crippen LogP contribution is 2.20. The minimum atomic E-state index is -0.412. The molecule has 0 radical (unpaired) electrons. The lowest BCUT2D eigenvalue weighted by Crippen LogP contribution is -2.20. The van der Waals surface area contributed by atoms with E-state index in [1.54, 1.807) is 11.8 Å². The summed E-state index contributed by atoms with van der Waals surface area (Å²) < 4.78 is 5.38. The van der Waals surface area contributed by atoms with Gasteiger partial charge in [-0.25, -0.2) is 0 Å². The maximum atomic E-state index is 9.77. The van der Waals surface area contributed by atoms with Gasteiger partial charge in [-0.3, -0.25) is 0 Å². The van der Waals surface area contributed by atoms with E-state index >= 15 is 0 Å². The molecule has 0 saturated carbocycles. The van der Waals surface area contributed by atoms with Gasteiger partial charge in [-0.15, -0.1) is 11.8 Å². The van der Waals surface area contributed by atoms with Crippen molar-refractivity contribution < 1.29 is 9.84 Å². The molecule has 1 atom stereocenters. The zero-order valence-electron chi connectivity index (χ0n) is 11.3. The van der Waals surface area contributed by atoms with Gasteiger partial charge in [-0.05, 0) is 38.6 Å². The van der Waals surface area contributed by atoms with Crippen LogP contribution in [-0.4, -0.2) is 36.7 Å². The van der Waals surface area contributed by atoms with Crippen molar-refractivity contribution in [1.29, 1.82) is 0 Å². The van der Waals surface area contributed by atoms with Crippen LogP contribution in [0.25, 0.3) is 0 Å². The number of thioether (sulfide) groups is 1. The molecular formula is C14H23NO2S. The summed E-state index contributed by atoms with van der Waals surface area (Å²) >= 11 is 1.66. The van der Waals surface area contributed by atoms with E-state index in [4.69, 9.17) is 4.74 Å². The number of hydrogen-bond acceptors (Lipinski definition) is 4. The monoisotopic (exact) mass is 269 g/mol. The van der Waals surface area contributed by atoms with Gasteiger partial charge in [-0.2, -0.15) is 0 Å². The summed E-state index contributed by atoms with van der Waals surface area (Å²) in [7, 11) is 1.94. The maximum Gasteiger partial charge on any atom is 0.0867 e. The van der Waals surface area contributed by atoms with Crippen molar-refractivity contribution >= 4 is 11.8 Å². The first-order valence-corrected chi connectivity index (χ1v) is 7.26. The van der Waals surface area contributed by atoms with E-state index in [0.717, 1.165) is 6.54 Å². The molecule has 2 N–H and O–H groups in total. The van der Waals surface area contributed by atoms with E-state index in [1.165, 1.54) is 10.5 Å². The molecule has 0 fully saturated rings. The summed E-state index contributed by atoms with van der Waals surface area (Å²) in [6.45, 7) is 5.22. The van der Waals surface area contributed by atoms with Crippen LogP contribution in [0, 0.1) is 0 Å². The Balaban J connectivity index is 2.35. The molecule has 0 aliphatic carbocycles.